The van der Waals surface area contributed by atoms with Crippen molar-refractivity contribution in [3.63, 3.8) is 0 Å². The highest BCUT2D eigenvalue weighted by molar-refractivity contribution is 6.04. The number of nitrogens with one attached hydrogen (secondary N) is 2. The predicted octanol–water partition coefficient (Wildman–Crippen LogP) is 3.38. The second-order valence-corrected chi connectivity index (χ2v) is 6.10. The molecule has 0 saturated carbocycles. The summed E-state index contributed by atoms with van der Waals surface area (Å²) in [5.74, 6) is 0.214. The normalized spacial score (nSPS) is 11.5. The van der Waals surface area contributed by atoms with Gasteiger partial charge < -0.3 is 20.1 Å². The van der Waals surface area contributed by atoms with E-state index in [2.05, 4.69) is 10.6 Å². The molecule has 2 rings (SSSR count). The van der Waals surface area contributed by atoms with Gasteiger partial charge in [0, 0.05) is 6.54 Å². The van der Waals surface area contributed by atoms with Gasteiger partial charge in [0.1, 0.15) is 11.9 Å². The molecule has 0 heterocycles. The number of hydrogen-bond donors (Lipinski definition) is 2. The van der Waals surface area contributed by atoms with Crippen molar-refractivity contribution in [2.24, 2.45) is 0 Å². The molecule has 2 amide bonds. The molecule has 0 aliphatic rings. The first kappa shape index (κ1) is 20.5. The molecule has 0 aliphatic heterocycles. The van der Waals surface area contributed by atoms with E-state index in [0.29, 0.717) is 17.8 Å². The first-order valence-corrected chi connectivity index (χ1v) is 8.97. The lowest BCUT2D eigenvalue weighted by molar-refractivity contribution is -0.127. The van der Waals surface area contributed by atoms with E-state index in [1.807, 2.05) is 31.2 Å². The molecule has 0 fully saturated rings. The molecule has 0 saturated heterocycles. The van der Waals surface area contributed by atoms with Crippen molar-refractivity contribution in [2.45, 2.75) is 33.0 Å². The predicted molar refractivity (Wildman–Crippen MR) is 105 cm³/mol. The molecular formula is C21H26N2O4. The van der Waals surface area contributed by atoms with E-state index in [9.17, 15) is 9.59 Å². The van der Waals surface area contributed by atoms with Crippen molar-refractivity contribution in [3.05, 3.63) is 59.7 Å². The standard InChI is InChI=1S/C21H26N2O4/c1-4-12-22-21(25)18-10-5-6-11-19(18)23-20(24)15(2)27-14-16-8-7-9-17(13-16)26-3/h5-11,13,15H,4,12,14H2,1-3H3,(H,22,25)(H,23,24). The topological polar surface area (TPSA) is 76.7 Å². The number of amides is 2. The highest BCUT2D eigenvalue weighted by Gasteiger charge is 2.17. The Bertz CT molecular complexity index is 776. The third-order valence-electron chi connectivity index (χ3n) is 3.97. The Kier molecular flexibility index (Phi) is 7.82. The highest BCUT2D eigenvalue weighted by atomic mass is 16.5. The maximum absolute atomic E-state index is 12.5. The van der Waals surface area contributed by atoms with Crippen molar-refractivity contribution in [1.82, 2.24) is 5.32 Å². The van der Waals surface area contributed by atoms with Crippen LogP contribution in [0.4, 0.5) is 5.69 Å². The van der Waals surface area contributed by atoms with Crippen LogP contribution in [-0.4, -0.2) is 31.6 Å². The van der Waals surface area contributed by atoms with Gasteiger partial charge in [-0.15, -0.1) is 0 Å². The van der Waals surface area contributed by atoms with E-state index in [-0.39, 0.29) is 18.4 Å². The SMILES string of the molecule is CCCNC(=O)c1ccccc1NC(=O)C(C)OCc1cccc(OC)c1. The van der Waals surface area contributed by atoms with Gasteiger partial charge in [0.2, 0.25) is 0 Å². The number of anilines is 1. The van der Waals surface area contributed by atoms with Crippen LogP contribution < -0.4 is 15.4 Å². The molecule has 6 nitrogen and oxygen atoms in total. The number of carbonyl (C=O) groups excluding carboxylic acids is 2. The molecule has 2 aromatic carbocycles. The minimum absolute atomic E-state index is 0.210. The largest absolute Gasteiger partial charge is 0.497 e. The summed E-state index contributed by atoms with van der Waals surface area (Å²) in [7, 11) is 1.60. The molecule has 27 heavy (non-hydrogen) atoms. The van der Waals surface area contributed by atoms with Gasteiger partial charge >= 0.3 is 0 Å². The number of ether oxygens (including phenoxy) is 2. The van der Waals surface area contributed by atoms with Crippen LogP contribution in [0.2, 0.25) is 0 Å². The maximum Gasteiger partial charge on any atom is 0.253 e. The third kappa shape index (κ3) is 6.11. The van der Waals surface area contributed by atoms with E-state index in [4.69, 9.17) is 9.47 Å². The molecule has 1 atom stereocenters. The summed E-state index contributed by atoms with van der Waals surface area (Å²) in [5.41, 5.74) is 1.81. The lowest BCUT2D eigenvalue weighted by Gasteiger charge is -2.16. The summed E-state index contributed by atoms with van der Waals surface area (Å²) >= 11 is 0. The van der Waals surface area contributed by atoms with E-state index >= 15 is 0 Å². The van der Waals surface area contributed by atoms with Crippen LogP contribution in [0.5, 0.6) is 5.75 Å². The Labute approximate surface area is 159 Å². The van der Waals surface area contributed by atoms with Crippen molar-refractivity contribution >= 4 is 17.5 Å². The Balaban J connectivity index is 1.97. The van der Waals surface area contributed by atoms with Gasteiger partial charge in [-0.3, -0.25) is 9.59 Å². The monoisotopic (exact) mass is 370 g/mol. The van der Waals surface area contributed by atoms with Crippen LogP contribution in [0.25, 0.3) is 0 Å². The second-order valence-electron chi connectivity index (χ2n) is 6.10. The number of rotatable bonds is 9. The molecule has 2 N–H and O–H groups in total. The summed E-state index contributed by atoms with van der Waals surface area (Å²) in [6.07, 6.45) is 0.165. The Morgan fingerprint density at radius 1 is 1.11 bits per heavy atom. The molecular weight excluding hydrogens is 344 g/mol. The van der Waals surface area contributed by atoms with Gasteiger partial charge in [-0.05, 0) is 43.2 Å². The molecule has 0 radical (unpaired) electrons. The van der Waals surface area contributed by atoms with Crippen LogP contribution >= 0.6 is 0 Å². The zero-order chi connectivity index (χ0) is 19.6. The highest BCUT2D eigenvalue weighted by Crippen LogP contribution is 2.17. The average molecular weight is 370 g/mol. The number of para-hydroxylation sites is 1. The number of carbonyl (C=O) groups is 2. The summed E-state index contributed by atoms with van der Waals surface area (Å²) in [6, 6.07) is 14.4. The van der Waals surface area contributed by atoms with Gasteiger partial charge in [0.25, 0.3) is 11.8 Å². The summed E-state index contributed by atoms with van der Waals surface area (Å²) < 4.78 is 10.8. The minimum atomic E-state index is -0.678. The molecule has 2 aromatic rings. The van der Waals surface area contributed by atoms with Crippen molar-refractivity contribution in [2.75, 3.05) is 19.0 Å². The third-order valence-corrected chi connectivity index (χ3v) is 3.97. The van der Waals surface area contributed by atoms with Crippen LogP contribution in [0.3, 0.4) is 0 Å². The maximum atomic E-state index is 12.5. The van der Waals surface area contributed by atoms with Gasteiger partial charge in [0.15, 0.2) is 0 Å². The Morgan fingerprint density at radius 2 is 1.89 bits per heavy atom. The lowest BCUT2D eigenvalue weighted by Crippen LogP contribution is -2.30. The Hall–Kier alpha value is -2.86. The fraction of sp³-hybridized carbons (Fsp3) is 0.333. The molecule has 1 unspecified atom stereocenters. The fourth-order valence-electron chi connectivity index (χ4n) is 2.42. The first-order chi connectivity index (χ1) is 13.0. The van der Waals surface area contributed by atoms with E-state index in [1.165, 1.54) is 0 Å². The quantitative estimate of drug-likeness (QED) is 0.709. The van der Waals surface area contributed by atoms with Gasteiger partial charge in [0.05, 0.1) is 25.0 Å². The zero-order valence-corrected chi connectivity index (χ0v) is 16.0. The van der Waals surface area contributed by atoms with Gasteiger partial charge in [-0.1, -0.05) is 31.2 Å². The zero-order valence-electron chi connectivity index (χ0n) is 16.0. The molecule has 6 heteroatoms. The molecule has 0 spiro atoms. The van der Waals surface area contributed by atoms with Crippen molar-refractivity contribution in [3.8, 4) is 5.75 Å². The van der Waals surface area contributed by atoms with Gasteiger partial charge in [-0.25, -0.2) is 0 Å². The smallest absolute Gasteiger partial charge is 0.253 e. The summed E-state index contributed by atoms with van der Waals surface area (Å²) in [4.78, 5) is 24.7. The molecule has 0 aromatic heterocycles. The van der Waals surface area contributed by atoms with Crippen LogP contribution in [0.15, 0.2) is 48.5 Å². The second kappa shape index (κ2) is 10.3. The number of hydrogen-bond acceptors (Lipinski definition) is 4. The van der Waals surface area contributed by atoms with Crippen molar-refractivity contribution in [1.29, 1.82) is 0 Å². The molecule has 0 bridgehead atoms. The molecule has 144 valence electrons. The minimum Gasteiger partial charge on any atom is -0.497 e. The van der Waals surface area contributed by atoms with Crippen molar-refractivity contribution < 1.29 is 19.1 Å². The Morgan fingerprint density at radius 3 is 2.63 bits per heavy atom. The van der Waals surface area contributed by atoms with Crippen LogP contribution in [0.1, 0.15) is 36.2 Å². The summed E-state index contributed by atoms with van der Waals surface area (Å²) in [6.45, 7) is 4.52. The lowest BCUT2D eigenvalue weighted by atomic mass is 10.1. The fourth-order valence-corrected chi connectivity index (χ4v) is 2.42. The van der Waals surface area contributed by atoms with Crippen LogP contribution in [-0.2, 0) is 16.1 Å². The van der Waals surface area contributed by atoms with E-state index in [1.54, 1.807) is 38.3 Å². The van der Waals surface area contributed by atoms with Crippen LogP contribution in [0, 0.1) is 0 Å². The molecule has 0 aliphatic carbocycles. The number of benzene rings is 2. The number of methoxy groups -OCH3 is 1. The summed E-state index contributed by atoms with van der Waals surface area (Å²) in [5, 5.41) is 5.59. The van der Waals surface area contributed by atoms with Gasteiger partial charge in [-0.2, -0.15) is 0 Å². The first-order valence-electron chi connectivity index (χ1n) is 8.97. The van der Waals surface area contributed by atoms with E-state index in [0.717, 1.165) is 17.7 Å². The van der Waals surface area contributed by atoms with E-state index < -0.39 is 6.10 Å². The average Bonchev–Trinajstić information content (AvgIpc) is 2.70.